The maximum atomic E-state index is 12.2. The summed E-state index contributed by atoms with van der Waals surface area (Å²) in [5.74, 6) is -0.530. The van der Waals surface area contributed by atoms with E-state index in [4.69, 9.17) is 16.0 Å². The van der Waals surface area contributed by atoms with Crippen molar-refractivity contribution >= 4 is 50.1 Å². The quantitative estimate of drug-likeness (QED) is 0.670. The van der Waals surface area contributed by atoms with E-state index in [1.807, 2.05) is 0 Å². The van der Waals surface area contributed by atoms with E-state index in [2.05, 4.69) is 21.2 Å². The van der Waals surface area contributed by atoms with Gasteiger partial charge in [-0.3, -0.25) is 4.79 Å². The Hall–Kier alpha value is -2.11. The molecule has 6 heteroatoms. The van der Waals surface area contributed by atoms with Crippen molar-refractivity contribution in [2.45, 2.75) is 0 Å². The molecule has 110 valence electrons. The molecule has 1 heterocycles. The molecule has 1 amide bonds. The van der Waals surface area contributed by atoms with E-state index in [1.54, 1.807) is 42.5 Å². The first kappa shape index (κ1) is 14.8. The van der Waals surface area contributed by atoms with Gasteiger partial charge >= 0.3 is 5.63 Å². The van der Waals surface area contributed by atoms with Crippen LogP contribution in [0, 0.1) is 0 Å². The number of hydrogen-bond donors (Lipinski definition) is 1. The van der Waals surface area contributed by atoms with Crippen LogP contribution in [0.5, 0.6) is 0 Å². The van der Waals surface area contributed by atoms with Gasteiger partial charge in [-0.25, -0.2) is 4.79 Å². The minimum atomic E-state index is -0.690. The van der Waals surface area contributed by atoms with Gasteiger partial charge in [0.2, 0.25) is 0 Å². The van der Waals surface area contributed by atoms with Crippen LogP contribution in [0.25, 0.3) is 11.0 Å². The smallest absolute Gasteiger partial charge is 0.349 e. The minimum absolute atomic E-state index is 0.0716. The molecule has 0 bridgehead atoms. The van der Waals surface area contributed by atoms with Gasteiger partial charge in [-0.1, -0.05) is 27.5 Å². The van der Waals surface area contributed by atoms with Gasteiger partial charge in [-0.05, 0) is 48.5 Å². The standard InChI is InChI=1S/C16H9BrClNO3/c17-10-1-4-12(5-2-10)19-15(20)13-8-9-7-11(18)3-6-14(9)22-16(13)21/h1-8H,(H,19,20). The molecule has 0 fully saturated rings. The van der Waals surface area contributed by atoms with Crippen molar-refractivity contribution in [2.24, 2.45) is 0 Å². The Morgan fingerprint density at radius 1 is 1.09 bits per heavy atom. The fourth-order valence-electron chi connectivity index (χ4n) is 1.98. The predicted octanol–water partition coefficient (Wildman–Crippen LogP) is 4.46. The number of benzene rings is 2. The highest BCUT2D eigenvalue weighted by Gasteiger charge is 2.14. The Morgan fingerprint density at radius 3 is 2.55 bits per heavy atom. The summed E-state index contributed by atoms with van der Waals surface area (Å²) in [4.78, 5) is 24.2. The van der Waals surface area contributed by atoms with E-state index < -0.39 is 11.5 Å². The number of carbonyl (C=O) groups is 1. The first-order valence-corrected chi connectivity index (χ1v) is 7.50. The fraction of sp³-hybridized carbons (Fsp3) is 0. The lowest BCUT2D eigenvalue weighted by Gasteiger charge is -2.05. The summed E-state index contributed by atoms with van der Waals surface area (Å²) in [7, 11) is 0. The zero-order valence-electron chi connectivity index (χ0n) is 11.1. The van der Waals surface area contributed by atoms with Crippen molar-refractivity contribution < 1.29 is 9.21 Å². The van der Waals surface area contributed by atoms with Gasteiger partial charge in [0, 0.05) is 20.6 Å². The molecule has 0 saturated heterocycles. The number of amides is 1. The first-order chi connectivity index (χ1) is 10.5. The van der Waals surface area contributed by atoms with Crippen molar-refractivity contribution in [2.75, 3.05) is 5.32 Å². The lowest BCUT2D eigenvalue weighted by Crippen LogP contribution is -2.20. The van der Waals surface area contributed by atoms with E-state index >= 15 is 0 Å². The molecule has 0 unspecified atom stereocenters. The van der Waals surface area contributed by atoms with Crippen molar-refractivity contribution in [3.05, 3.63) is 74.0 Å². The minimum Gasteiger partial charge on any atom is -0.422 e. The molecule has 0 aliphatic carbocycles. The van der Waals surface area contributed by atoms with E-state index in [0.717, 1.165) is 4.47 Å². The number of nitrogens with one attached hydrogen (secondary N) is 1. The topological polar surface area (TPSA) is 59.3 Å². The third-order valence-corrected chi connectivity index (χ3v) is 3.80. The molecular weight excluding hydrogens is 370 g/mol. The van der Waals surface area contributed by atoms with Crippen LogP contribution >= 0.6 is 27.5 Å². The summed E-state index contributed by atoms with van der Waals surface area (Å²) in [6.07, 6.45) is 0. The van der Waals surface area contributed by atoms with Crippen LogP contribution in [0.4, 0.5) is 5.69 Å². The molecule has 0 aliphatic heterocycles. The molecule has 0 atom stereocenters. The second kappa shape index (κ2) is 5.94. The lowest BCUT2D eigenvalue weighted by atomic mass is 10.1. The molecule has 2 aromatic carbocycles. The molecule has 1 N–H and O–H groups in total. The molecule has 3 rings (SSSR count). The van der Waals surface area contributed by atoms with Crippen molar-refractivity contribution in [3.8, 4) is 0 Å². The molecular formula is C16H9BrClNO3. The third kappa shape index (κ3) is 3.05. The molecule has 0 radical (unpaired) electrons. The van der Waals surface area contributed by atoms with Crippen molar-refractivity contribution in [1.29, 1.82) is 0 Å². The first-order valence-electron chi connectivity index (χ1n) is 6.33. The Morgan fingerprint density at radius 2 is 1.82 bits per heavy atom. The maximum absolute atomic E-state index is 12.2. The average molecular weight is 379 g/mol. The number of hydrogen-bond acceptors (Lipinski definition) is 3. The van der Waals surface area contributed by atoms with Crippen LogP contribution in [0.3, 0.4) is 0 Å². The number of halogens is 2. The van der Waals surface area contributed by atoms with Crippen LogP contribution < -0.4 is 10.9 Å². The molecule has 0 spiro atoms. The molecule has 4 nitrogen and oxygen atoms in total. The third-order valence-electron chi connectivity index (χ3n) is 3.04. The van der Waals surface area contributed by atoms with Crippen LogP contribution in [-0.4, -0.2) is 5.91 Å². The van der Waals surface area contributed by atoms with Gasteiger partial charge in [0.15, 0.2) is 0 Å². The Labute approximate surface area is 138 Å². The highest BCUT2D eigenvalue weighted by atomic mass is 79.9. The van der Waals surface area contributed by atoms with E-state index in [1.165, 1.54) is 6.07 Å². The monoisotopic (exact) mass is 377 g/mol. The van der Waals surface area contributed by atoms with Crippen LogP contribution in [-0.2, 0) is 0 Å². The van der Waals surface area contributed by atoms with Crippen molar-refractivity contribution in [1.82, 2.24) is 0 Å². The number of anilines is 1. The zero-order valence-corrected chi connectivity index (χ0v) is 13.4. The van der Waals surface area contributed by atoms with Gasteiger partial charge in [-0.15, -0.1) is 0 Å². The summed E-state index contributed by atoms with van der Waals surface area (Å²) in [6, 6.07) is 13.3. The van der Waals surface area contributed by atoms with Gasteiger partial charge in [0.1, 0.15) is 11.1 Å². The second-order valence-electron chi connectivity index (χ2n) is 4.59. The van der Waals surface area contributed by atoms with Crippen LogP contribution in [0.1, 0.15) is 10.4 Å². The van der Waals surface area contributed by atoms with Gasteiger partial charge < -0.3 is 9.73 Å². The number of fused-ring (bicyclic) bond motifs is 1. The van der Waals surface area contributed by atoms with Gasteiger partial charge in [-0.2, -0.15) is 0 Å². The highest BCUT2D eigenvalue weighted by molar-refractivity contribution is 9.10. The molecule has 3 aromatic rings. The van der Waals surface area contributed by atoms with E-state index in [9.17, 15) is 9.59 Å². The highest BCUT2D eigenvalue weighted by Crippen LogP contribution is 2.20. The van der Waals surface area contributed by atoms with Gasteiger partial charge in [0.25, 0.3) is 5.91 Å². The number of rotatable bonds is 2. The summed E-state index contributed by atoms with van der Waals surface area (Å²) in [6.45, 7) is 0. The summed E-state index contributed by atoms with van der Waals surface area (Å²) < 4.78 is 6.04. The maximum Gasteiger partial charge on any atom is 0.349 e. The SMILES string of the molecule is O=C(Nc1ccc(Br)cc1)c1cc2cc(Cl)ccc2oc1=O. The van der Waals surface area contributed by atoms with E-state index in [-0.39, 0.29) is 5.56 Å². The van der Waals surface area contributed by atoms with Crippen LogP contribution in [0.2, 0.25) is 5.02 Å². The largest absolute Gasteiger partial charge is 0.422 e. The summed E-state index contributed by atoms with van der Waals surface area (Å²) in [5.41, 5.74) is 0.204. The van der Waals surface area contributed by atoms with Gasteiger partial charge in [0.05, 0.1) is 0 Å². The number of carbonyl (C=O) groups excluding carboxylic acids is 1. The molecule has 1 aromatic heterocycles. The Kier molecular flexibility index (Phi) is 4.00. The predicted molar refractivity (Wildman–Crippen MR) is 89.6 cm³/mol. The van der Waals surface area contributed by atoms with Crippen molar-refractivity contribution in [3.63, 3.8) is 0 Å². The molecule has 22 heavy (non-hydrogen) atoms. The fourth-order valence-corrected chi connectivity index (χ4v) is 2.43. The normalized spacial score (nSPS) is 10.6. The molecule has 0 saturated carbocycles. The summed E-state index contributed by atoms with van der Waals surface area (Å²) in [5, 5.41) is 3.74. The average Bonchev–Trinajstić information content (AvgIpc) is 2.49. The lowest BCUT2D eigenvalue weighted by molar-refractivity contribution is 0.102. The molecule has 0 aliphatic rings. The summed E-state index contributed by atoms with van der Waals surface area (Å²) >= 11 is 9.22. The Balaban J connectivity index is 1.98. The second-order valence-corrected chi connectivity index (χ2v) is 5.94. The van der Waals surface area contributed by atoms with E-state index in [0.29, 0.717) is 21.7 Å². The Bertz CT molecular complexity index is 919. The zero-order chi connectivity index (χ0) is 15.7. The van der Waals surface area contributed by atoms with Crippen LogP contribution in [0.15, 0.2) is 62.2 Å².